The number of ether oxygens (including phenoxy) is 2. The van der Waals surface area contributed by atoms with Crippen LogP contribution in [0.4, 0.5) is 0 Å². The summed E-state index contributed by atoms with van der Waals surface area (Å²) in [5.41, 5.74) is 6.11. The first-order chi connectivity index (χ1) is 12.0. The molecule has 1 aliphatic heterocycles. The third-order valence-corrected chi connectivity index (χ3v) is 4.41. The number of nitrogens with zero attached hydrogens (tertiary/aromatic N) is 1. The van der Waals surface area contributed by atoms with Gasteiger partial charge >= 0.3 is 0 Å². The van der Waals surface area contributed by atoms with Crippen molar-refractivity contribution >= 4 is 15.9 Å². The highest BCUT2D eigenvalue weighted by molar-refractivity contribution is 9.10. The van der Waals surface area contributed by atoms with Gasteiger partial charge in [0, 0.05) is 6.07 Å². The van der Waals surface area contributed by atoms with E-state index in [0.717, 1.165) is 6.07 Å². The molecular weight excluding hydrogens is 392 g/mol. The van der Waals surface area contributed by atoms with E-state index in [0.29, 0.717) is 15.8 Å². The number of nitrogens with two attached hydrogens (primary N) is 1. The second-order valence-electron chi connectivity index (χ2n) is 5.25. The van der Waals surface area contributed by atoms with Crippen LogP contribution in [0.15, 0.2) is 49.4 Å². The van der Waals surface area contributed by atoms with Gasteiger partial charge in [-0.1, -0.05) is 6.07 Å². The van der Waals surface area contributed by atoms with Crippen LogP contribution >= 0.6 is 15.9 Å². The summed E-state index contributed by atoms with van der Waals surface area (Å²) in [5, 5.41) is 18.8. The number of halogens is 1. The number of allylic oxidation sites excluding steroid dienone is 1. The fourth-order valence-electron chi connectivity index (χ4n) is 2.66. The molecule has 0 saturated carbocycles. The molecule has 0 spiro atoms. The van der Waals surface area contributed by atoms with Crippen molar-refractivity contribution in [2.24, 2.45) is 5.73 Å². The summed E-state index contributed by atoms with van der Waals surface area (Å²) in [6.07, 6.45) is 0. The van der Waals surface area contributed by atoms with Gasteiger partial charge in [-0.15, -0.1) is 0 Å². The van der Waals surface area contributed by atoms with E-state index in [2.05, 4.69) is 15.9 Å². The van der Waals surface area contributed by atoms with Gasteiger partial charge in [0.2, 0.25) is 17.1 Å². The maximum absolute atomic E-state index is 12.2. The third kappa shape index (κ3) is 2.88. The fourth-order valence-corrected chi connectivity index (χ4v) is 3.22. The van der Waals surface area contributed by atoms with Gasteiger partial charge in [-0.05, 0) is 33.6 Å². The Morgan fingerprint density at radius 1 is 1.44 bits per heavy atom. The average Bonchev–Trinajstić information content (AvgIpc) is 2.61. The van der Waals surface area contributed by atoms with E-state index < -0.39 is 18.0 Å². The highest BCUT2D eigenvalue weighted by Gasteiger charge is 2.35. The molecule has 2 aromatic rings. The van der Waals surface area contributed by atoms with Gasteiger partial charge in [-0.3, -0.25) is 4.79 Å². The van der Waals surface area contributed by atoms with Gasteiger partial charge < -0.3 is 24.7 Å². The molecule has 128 valence electrons. The Labute approximate surface area is 151 Å². The highest BCUT2D eigenvalue weighted by atomic mass is 79.9. The third-order valence-electron chi connectivity index (χ3n) is 3.79. The van der Waals surface area contributed by atoms with Crippen molar-refractivity contribution in [2.75, 3.05) is 7.11 Å². The number of hydrogen-bond donors (Lipinski definition) is 2. The van der Waals surface area contributed by atoms with Crippen molar-refractivity contribution in [2.45, 2.75) is 12.5 Å². The monoisotopic (exact) mass is 404 g/mol. The van der Waals surface area contributed by atoms with Crippen LogP contribution in [0.1, 0.15) is 23.0 Å². The van der Waals surface area contributed by atoms with E-state index in [4.69, 9.17) is 19.6 Å². The quantitative estimate of drug-likeness (QED) is 0.803. The minimum atomic E-state index is -0.741. The van der Waals surface area contributed by atoms with Gasteiger partial charge in [0.25, 0.3) is 0 Å². The molecule has 0 bridgehead atoms. The van der Waals surface area contributed by atoms with Crippen LogP contribution in [0, 0.1) is 11.3 Å². The summed E-state index contributed by atoms with van der Waals surface area (Å²) >= 11 is 3.39. The summed E-state index contributed by atoms with van der Waals surface area (Å²) in [4.78, 5) is 12.2. The zero-order valence-corrected chi connectivity index (χ0v) is 14.7. The number of fused-ring (bicyclic) bond motifs is 1. The maximum atomic E-state index is 12.2. The summed E-state index contributed by atoms with van der Waals surface area (Å²) < 4.78 is 16.8. The van der Waals surface area contributed by atoms with Crippen molar-refractivity contribution in [3.8, 4) is 17.6 Å². The Morgan fingerprint density at radius 3 is 2.80 bits per heavy atom. The number of benzene rings is 1. The van der Waals surface area contributed by atoms with Crippen LogP contribution in [0.2, 0.25) is 0 Å². The summed E-state index contributed by atoms with van der Waals surface area (Å²) in [6.45, 7) is -0.456. The lowest BCUT2D eigenvalue weighted by molar-refractivity contribution is 0.231. The Morgan fingerprint density at radius 2 is 2.20 bits per heavy atom. The smallest absolute Gasteiger partial charge is 0.228 e. The standard InChI is InChI=1S/C17H13BrN2O5/c1-23-13-3-2-8(4-11(13)18)14-10(6-19)17(20)25-15-12(22)5-9(7-21)24-16(14)15/h2-5,14,21H,7,20H2,1H3/t14-/m1/s1. The molecular formula is C17H13BrN2O5. The van der Waals surface area contributed by atoms with E-state index in [1.54, 1.807) is 18.2 Å². The van der Waals surface area contributed by atoms with Crippen LogP contribution in [0.5, 0.6) is 11.5 Å². The molecule has 1 aromatic carbocycles. The van der Waals surface area contributed by atoms with Crippen molar-refractivity contribution in [3.05, 3.63) is 67.5 Å². The van der Waals surface area contributed by atoms with Gasteiger partial charge in [0.1, 0.15) is 29.8 Å². The molecule has 0 fully saturated rings. The number of rotatable bonds is 3. The Bertz CT molecular complexity index is 974. The van der Waals surface area contributed by atoms with Gasteiger partial charge in [0.15, 0.2) is 5.76 Å². The van der Waals surface area contributed by atoms with E-state index in [1.165, 1.54) is 7.11 Å². The number of aliphatic hydroxyl groups excluding tert-OH is 1. The van der Waals surface area contributed by atoms with Crippen LogP contribution in [-0.2, 0) is 6.61 Å². The van der Waals surface area contributed by atoms with Gasteiger partial charge in [0.05, 0.1) is 17.5 Å². The summed E-state index contributed by atoms with van der Waals surface area (Å²) in [5.74, 6) is -0.184. The Kier molecular flexibility index (Phi) is 4.53. The van der Waals surface area contributed by atoms with Crippen molar-refractivity contribution in [1.82, 2.24) is 0 Å². The first kappa shape index (κ1) is 17.1. The molecule has 8 heteroatoms. The molecule has 3 N–H and O–H groups in total. The van der Waals surface area contributed by atoms with Crippen molar-refractivity contribution in [3.63, 3.8) is 0 Å². The molecule has 0 unspecified atom stereocenters. The topological polar surface area (TPSA) is 119 Å². The fraction of sp³-hybridized carbons (Fsp3) is 0.176. The average molecular weight is 405 g/mol. The molecule has 1 atom stereocenters. The van der Waals surface area contributed by atoms with Crippen molar-refractivity contribution < 1.29 is 19.0 Å². The molecule has 0 saturated heterocycles. The van der Waals surface area contributed by atoms with Crippen LogP contribution in [-0.4, -0.2) is 12.2 Å². The molecule has 1 aliphatic rings. The van der Waals surface area contributed by atoms with Crippen LogP contribution in [0.25, 0.3) is 0 Å². The summed E-state index contributed by atoms with van der Waals surface area (Å²) in [7, 11) is 1.54. The Hall–Kier alpha value is -2.76. The molecule has 7 nitrogen and oxygen atoms in total. The first-order valence-electron chi connectivity index (χ1n) is 7.19. The zero-order valence-electron chi connectivity index (χ0n) is 13.1. The van der Waals surface area contributed by atoms with Crippen LogP contribution < -0.4 is 20.6 Å². The molecule has 2 heterocycles. The lowest BCUT2D eigenvalue weighted by Crippen LogP contribution is -2.25. The SMILES string of the molecule is COc1ccc([C@@H]2C(C#N)=C(N)Oc3c2oc(CO)cc3=O)cc1Br. The molecule has 3 rings (SSSR count). The zero-order chi connectivity index (χ0) is 18.1. The first-order valence-corrected chi connectivity index (χ1v) is 7.98. The number of methoxy groups -OCH3 is 1. The normalized spacial score (nSPS) is 16.0. The molecule has 0 aliphatic carbocycles. The predicted molar refractivity (Wildman–Crippen MR) is 90.9 cm³/mol. The van der Waals surface area contributed by atoms with Crippen LogP contribution in [0.3, 0.4) is 0 Å². The van der Waals surface area contributed by atoms with Gasteiger partial charge in [-0.2, -0.15) is 5.26 Å². The molecule has 0 radical (unpaired) electrons. The largest absolute Gasteiger partial charge is 0.496 e. The molecule has 1 aromatic heterocycles. The lowest BCUT2D eigenvalue weighted by atomic mass is 9.87. The minimum absolute atomic E-state index is 0.0719. The maximum Gasteiger partial charge on any atom is 0.228 e. The van der Waals surface area contributed by atoms with E-state index in [-0.39, 0.29) is 28.7 Å². The second kappa shape index (κ2) is 6.63. The van der Waals surface area contributed by atoms with E-state index in [1.807, 2.05) is 6.07 Å². The van der Waals surface area contributed by atoms with Gasteiger partial charge in [-0.25, -0.2) is 0 Å². The number of nitriles is 1. The Balaban J connectivity index is 2.27. The lowest BCUT2D eigenvalue weighted by Gasteiger charge is -2.25. The number of hydrogen-bond acceptors (Lipinski definition) is 7. The number of aliphatic hydroxyl groups is 1. The predicted octanol–water partition coefficient (Wildman–Crippen LogP) is 2.12. The van der Waals surface area contributed by atoms with Crippen molar-refractivity contribution in [1.29, 1.82) is 5.26 Å². The molecule has 0 amide bonds. The summed E-state index contributed by atoms with van der Waals surface area (Å²) in [6, 6.07) is 8.33. The van der Waals surface area contributed by atoms with E-state index in [9.17, 15) is 15.2 Å². The second-order valence-corrected chi connectivity index (χ2v) is 6.10. The minimum Gasteiger partial charge on any atom is -0.496 e. The molecule has 25 heavy (non-hydrogen) atoms. The highest BCUT2D eigenvalue weighted by Crippen LogP contribution is 2.42. The van der Waals surface area contributed by atoms with E-state index >= 15 is 0 Å².